The van der Waals surface area contributed by atoms with Crippen LogP contribution in [0.25, 0.3) is 10.2 Å². The molecule has 0 bridgehead atoms. The molecular formula is C12H10ClN3S3. The molecule has 0 aliphatic rings. The van der Waals surface area contributed by atoms with E-state index < -0.39 is 0 Å². The number of benzene rings is 1. The van der Waals surface area contributed by atoms with Crippen LogP contribution in [0.3, 0.4) is 0 Å². The van der Waals surface area contributed by atoms with Gasteiger partial charge in [-0.05, 0) is 23.9 Å². The van der Waals surface area contributed by atoms with Gasteiger partial charge in [0.05, 0.1) is 9.72 Å². The largest absolute Gasteiger partial charge is 0.228 e. The van der Waals surface area contributed by atoms with Crippen LogP contribution in [0.4, 0.5) is 0 Å². The summed E-state index contributed by atoms with van der Waals surface area (Å²) in [5, 5.41) is 10.1. The number of halogens is 1. The normalized spacial score (nSPS) is 11.6. The molecule has 2 aromatic heterocycles. The highest BCUT2D eigenvalue weighted by Gasteiger charge is 2.12. The van der Waals surface area contributed by atoms with Crippen LogP contribution in [-0.2, 0) is 0 Å². The summed E-state index contributed by atoms with van der Waals surface area (Å²) in [6.07, 6.45) is 0. The lowest BCUT2D eigenvalue weighted by atomic mass is 10.2. The summed E-state index contributed by atoms with van der Waals surface area (Å²) in [5.74, 6) is 0.414. The number of rotatable bonds is 3. The van der Waals surface area contributed by atoms with Crippen molar-refractivity contribution >= 4 is 56.3 Å². The molecule has 0 fully saturated rings. The first-order valence-corrected chi connectivity index (χ1v) is 8.52. The zero-order valence-corrected chi connectivity index (χ0v) is 13.5. The van der Waals surface area contributed by atoms with E-state index in [9.17, 15) is 0 Å². The summed E-state index contributed by atoms with van der Waals surface area (Å²) in [6, 6.07) is 5.83. The van der Waals surface area contributed by atoms with Crippen molar-refractivity contribution in [2.24, 2.45) is 0 Å². The van der Waals surface area contributed by atoms with Crippen LogP contribution in [-0.4, -0.2) is 15.2 Å². The molecule has 3 rings (SSSR count). The molecule has 3 aromatic rings. The third kappa shape index (κ3) is 2.76. The molecule has 0 saturated carbocycles. The predicted octanol–water partition coefficient (Wildman–Crippen LogP) is 5.08. The van der Waals surface area contributed by atoms with Crippen LogP contribution in [0.2, 0.25) is 5.02 Å². The molecule has 0 aliphatic heterocycles. The molecule has 0 atom stereocenters. The maximum absolute atomic E-state index is 6.13. The summed E-state index contributed by atoms with van der Waals surface area (Å²) in [6.45, 7) is 4.23. The highest BCUT2D eigenvalue weighted by molar-refractivity contribution is 8.02. The van der Waals surface area contributed by atoms with Crippen LogP contribution < -0.4 is 0 Å². The van der Waals surface area contributed by atoms with Crippen molar-refractivity contribution in [3.63, 3.8) is 0 Å². The molecule has 0 saturated heterocycles. The quantitative estimate of drug-likeness (QED) is 0.672. The Morgan fingerprint density at radius 3 is 2.68 bits per heavy atom. The van der Waals surface area contributed by atoms with Crippen molar-refractivity contribution in [3.05, 3.63) is 28.2 Å². The van der Waals surface area contributed by atoms with E-state index in [1.807, 2.05) is 18.2 Å². The summed E-state index contributed by atoms with van der Waals surface area (Å²) < 4.78 is 2.98. The van der Waals surface area contributed by atoms with Crippen LogP contribution in [0.15, 0.2) is 26.9 Å². The second-order valence-corrected chi connectivity index (χ2v) is 8.17. The lowest BCUT2D eigenvalue weighted by Gasteiger charge is -1.93. The first-order valence-electron chi connectivity index (χ1n) is 5.70. The Bertz CT molecular complexity index is 720. The zero-order valence-electron chi connectivity index (χ0n) is 10.3. The molecule has 1 aromatic carbocycles. The highest BCUT2D eigenvalue weighted by Crippen LogP contribution is 2.38. The van der Waals surface area contributed by atoms with E-state index in [1.54, 1.807) is 34.4 Å². The molecule has 0 spiro atoms. The van der Waals surface area contributed by atoms with E-state index in [0.717, 1.165) is 23.9 Å². The van der Waals surface area contributed by atoms with E-state index >= 15 is 0 Å². The van der Waals surface area contributed by atoms with Crippen molar-refractivity contribution in [2.45, 2.75) is 28.4 Å². The minimum absolute atomic E-state index is 0.414. The molecule has 3 nitrogen and oxygen atoms in total. The fourth-order valence-electron chi connectivity index (χ4n) is 1.51. The van der Waals surface area contributed by atoms with Crippen molar-refractivity contribution < 1.29 is 0 Å². The predicted molar refractivity (Wildman–Crippen MR) is 82.8 cm³/mol. The summed E-state index contributed by atoms with van der Waals surface area (Å²) in [7, 11) is 0. The average Bonchev–Trinajstić information content (AvgIpc) is 2.96. The summed E-state index contributed by atoms with van der Waals surface area (Å²) in [4.78, 5) is 4.55. The van der Waals surface area contributed by atoms with Gasteiger partial charge in [-0.2, -0.15) is 0 Å². The Morgan fingerprint density at radius 2 is 2.00 bits per heavy atom. The molecule has 0 aliphatic carbocycles. The summed E-state index contributed by atoms with van der Waals surface area (Å²) in [5.41, 5.74) is 0.866. The van der Waals surface area contributed by atoms with Crippen LogP contribution in [0, 0.1) is 0 Å². The van der Waals surface area contributed by atoms with Gasteiger partial charge in [0, 0.05) is 5.92 Å². The SMILES string of the molecule is CC(C)c1nnc(Sc2nc3c(Cl)cccc3s2)s1. The topological polar surface area (TPSA) is 38.7 Å². The molecule has 19 heavy (non-hydrogen) atoms. The van der Waals surface area contributed by atoms with E-state index in [0.29, 0.717) is 10.9 Å². The maximum atomic E-state index is 6.13. The smallest absolute Gasteiger partial charge is 0.181 e. The lowest BCUT2D eigenvalue weighted by molar-refractivity contribution is 0.817. The Hall–Kier alpha value is -0.690. The number of aromatic nitrogens is 3. The molecule has 0 radical (unpaired) electrons. The molecule has 2 heterocycles. The molecule has 0 N–H and O–H groups in total. The average molecular weight is 328 g/mol. The first kappa shape index (κ1) is 13.3. The lowest BCUT2D eigenvalue weighted by Crippen LogP contribution is -1.83. The monoisotopic (exact) mass is 327 g/mol. The van der Waals surface area contributed by atoms with E-state index in [2.05, 4.69) is 29.0 Å². The number of thiazole rings is 1. The third-order valence-corrected chi connectivity index (χ3v) is 6.10. The van der Waals surface area contributed by atoms with Crippen LogP contribution >= 0.6 is 46.0 Å². The van der Waals surface area contributed by atoms with Crippen LogP contribution in [0.5, 0.6) is 0 Å². The molecule has 0 unspecified atom stereocenters. The maximum Gasteiger partial charge on any atom is 0.181 e. The van der Waals surface area contributed by atoms with Gasteiger partial charge in [0.25, 0.3) is 0 Å². The van der Waals surface area contributed by atoms with Gasteiger partial charge in [0.15, 0.2) is 8.68 Å². The van der Waals surface area contributed by atoms with E-state index in [1.165, 1.54) is 0 Å². The fraction of sp³-hybridized carbons (Fsp3) is 0.250. The summed E-state index contributed by atoms with van der Waals surface area (Å²) >= 11 is 10.9. The van der Waals surface area contributed by atoms with Gasteiger partial charge in [-0.1, -0.05) is 42.9 Å². The second-order valence-electron chi connectivity index (χ2n) is 4.23. The van der Waals surface area contributed by atoms with Gasteiger partial charge in [-0.15, -0.1) is 21.5 Å². The molecule has 98 valence electrons. The molecule has 0 amide bonds. The minimum Gasteiger partial charge on any atom is -0.228 e. The first-order chi connectivity index (χ1) is 9.13. The zero-order chi connectivity index (χ0) is 13.4. The number of para-hydroxylation sites is 1. The Balaban J connectivity index is 1.90. The Labute approximate surface area is 128 Å². The third-order valence-electron chi connectivity index (χ3n) is 2.44. The van der Waals surface area contributed by atoms with Crippen molar-refractivity contribution in [1.82, 2.24) is 15.2 Å². The van der Waals surface area contributed by atoms with Gasteiger partial charge < -0.3 is 0 Å². The minimum atomic E-state index is 0.414. The van der Waals surface area contributed by atoms with Gasteiger partial charge in [0.2, 0.25) is 0 Å². The number of hydrogen-bond acceptors (Lipinski definition) is 6. The van der Waals surface area contributed by atoms with Gasteiger partial charge in [-0.3, -0.25) is 0 Å². The van der Waals surface area contributed by atoms with Gasteiger partial charge in [0.1, 0.15) is 10.5 Å². The second kappa shape index (κ2) is 5.36. The fourth-order valence-corrected chi connectivity index (χ4v) is 4.94. The van der Waals surface area contributed by atoms with Crippen molar-refractivity contribution in [3.8, 4) is 0 Å². The Morgan fingerprint density at radius 1 is 1.16 bits per heavy atom. The van der Waals surface area contributed by atoms with Crippen molar-refractivity contribution in [1.29, 1.82) is 0 Å². The van der Waals surface area contributed by atoms with E-state index in [-0.39, 0.29) is 0 Å². The van der Waals surface area contributed by atoms with E-state index in [4.69, 9.17) is 11.6 Å². The number of fused-ring (bicyclic) bond motifs is 1. The standard InChI is InChI=1S/C12H10ClN3S3/c1-6(2)10-15-16-12(18-10)19-11-14-9-7(13)4-3-5-8(9)17-11/h3-6H,1-2H3. The molecular weight excluding hydrogens is 318 g/mol. The highest BCUT2D eigenvalue weighted by atomic mass is 35.5. The molecule has 7 heteroatoms. The van der Waals surface area contributed by atoms with Gasteiger partial charge in [-0.25, -0.2) is 4.98 Å². The number of nitrogens with zero attached hydrogens (tertiary/aromatic N) is 3. The number of hydrogen-bond donors (Lipinski definition) is 0. The van der Waals surface area contributed by atoms with Gasteiger partial charge >= 0.3 is 0 Å². The van der Waals surface area contributed by atoms with Crippen LogP contribution in [0.1, 0.15) is 24.8 Å². The Kier molecular flexibility index (Phi) is 3.75. The van der Waals surface area contributed by atoms with Crippen molar-refractivity contribution in [2.75, 3.05) is 0 Å².